The van der Waals surface area contributed by atoms with Crippen LogP contribution < -0.4 is 5.32 Å². The molecule has 0 bridgehead atoms. The van der Waals surface area contributed by atoms with Gasteiger partial charge in [0.15, 0.2) is 0 Å². The van der Waals surface area contributed by atoms with Crippen molar-refractivity contribution in [3.05, 3.63) is 29.6 Å². The van der Waals surface area contributed by atoms with E-state index in [-0.39, 0.29) is 6.04 Å². The van der Waals surface area contributed by atoms with Crippen LogP contribution in [0.15, 0.2) is 18.3 Å². The summed E-state index contributed by atoms with van der Waals surface area (Å²) in [6, 6.07) is 5.87. The number of hydrogen-bond acceptors (Lipinski definition) is 2. The van der Waals surface area contributed by atoms with Gasteiger partial charge in [-0.25, -0.2) is 5.32 Å². The molecule has 0 N–H and O–H groups in total. The van der Waals surface area contributed by atoms with E-state index < -0.39 is 0 Å². The molecule has 1 aliphatic rings. The molecule has 1 aliphatic heterocycles. The van der Waals surface area contributed by atoms with Crippen molar-refractivity contribution in [2.24, 2.45) is 0 Å². The highest BCUT2D eigenvalue weighted by atomic mass is 15.0. The Kier molecular flexibility index (Phi) is 1.77. The topological polar surface area (TPSA) is 50.8 Å². The van der Waals surface area contributed by atoms with E-state index >= 15 is 0 Å². The van der Waals surface area contributed by atoms with Gasteiger partial charge in [-0.3, -0.25) is 4.98 Å². The minimum absolute atomic E-state index is 0.181. The van der Waals surface area contributed by atoms with Crippen LogP contribution in [-0.4, -0.2) is 11.5 Å². The quantitative estimate of drug-likeness (QED) is 0.612. The molecule has 2 rings (SSSR count). The first-order valence-corrected chi connectivity index (χ1v) is 3.93. The fourth-order valence-corrected chi connectivity index (χ4v) is 1.26. The van der Waals surface area contributed by atoms with E-state index in [4.69, 9.17) is 5.26 Å². The van der Waals surface area contributed by atoms with Crippen LogP contribution in [0.3, 0.4) is 0 Å². The normalized spacial score (nSPS) is 21.1. The Morgan fingerprint density at radius 1 is 1.58 bits per heavy atom. The molecule has 0 spiro atoms. The number of nitriles is 1. The van der Waals surface area contributed by atoms with E-state index in [9.17, 15) is 0 Å². The van der Waals surface area contributed by atoms with Gasteiger partial charge in [-0.1, -0.05) is 0 Å². The molecule has 3 nitrogen and oxygen atoms in total. The predicted octanol–water partition coefficient (Wildman–Crippen LogP) is 1.00. The molecule has 1 unspecified atom stereocenters. The lowest BCUT2D eigenvalue weighted by Gasteiger charge is -2.24. The van der Waals surface area contributed by atoms with E-state index in [0.717, 1.165) is 18.7 Å². The summed E-state index contributed by atoms with van der Waals surface area (Å²) in [4.78, 5) is 4.16. The fourth-order valence-electron chi connectivity index (χ4n) is 1.26. The maximum atomic E-state index is 8.76. The first kappa shape index (κ1) is 7.26. The molecule has 1 radical (unpaired) electrons. The van der Waals surface area contributed by atoms with Gasteiger partial charge in [-0.15, -0.1) is 0 Å². The Hall–Kier alpha value is -1.40. The Labute approximate surface area is 71.0 Å². The third-order valence-electron chi connectivity index (χ3n) is 2.03. The zero-order valence-corrected chi connectivity index (χ0v) is 6.57. The molecule has 2 heterocycles. The number of rotatable bonds is 1. The monoisotopic (exact) mass is 158 g/mol. The van der Waals surface area contributed by atoms with E-state index in [2.05, 4.69) is 16.4 Å². The summed E-state index contributed by atoms with van der Waals surface area (Å²) < 4.78 is 0. The average molecular weight is 158 g/mol. The first-order chi connectivity index (χ1) is 5.92. The fraction of sp³-hybridized carbons (Fsp3) is 0.333. The van der Waals surface area contributed by atoms with Crippen LogP contribution in [0.4, 0.5) is 0 Å². The van der Waals surface area contributed by atoms with Crippen LogP contribution in [-0.2, 0) is 0 Å². The molecule has 59 valence electrons. The van der Waals surface area contributed by atoms with Crippen LogP contribution in [0.1, 0.15) is 23.7 Å². The summed E-state index contributed by atoms with van der Waals surface area (Å²) in [5, 5.41) is 13.0. The van der Waals surface area contributed by atoms with E-state index in [1.807, 2.05) is 0 Å². The Bertz CT molecular complexity index is 323. The molecule has 0 amide bonds. The molecule has 0 saturated carbocycles. The van der Waals surface area contributed by atoms with Gasteiger partial charge < -0.3 is 0 Å². The molecular formula is C9H8N3. The maximum Gasteiger partial charge on any atom is 0.101 e. The maximum absolute atomic E-state index is 8.76. The van der Waals surface area contributed by atoms with Crippen molar-refractivity contribution >= 4 is 0 Å². The second kappa shape index (κ2) is 2.92. The predicted molar refractivity (Wildman–Crippen MR) is 43.3 cm³/mol. The number of nitrogens with zero attached hydrogens (tertiary/aromatic N) is 3. The molecule has 1 aromatic rings. The van der Waals surface area contributed by atoms with Crippen molar-refractivity contribution < 1.29 is 0 Å². The molecular weight excluding hydrogens is 150 g/mol. The van der Waals surface area contributed by atoms with Crippen molar-refractivity contribution in [2.75, 3.05) is 6.54 Å². The molecule has 1 saturated heterocycles. The molecule has 1 fully saturated rings. The van der Waals surface area contributed by atoms with Crippen molar-refractivity contribution in [1.82, 2.24) is 10.3 Å². The SMILES string of the molecule is N#Cc1cccnc1C1CC[N]1. The second-order valence-electron chi connectivity index (χ2n) is 2.76. The lowest BCUT2D eigenvalue weighted by molar-refractivity contribution is 0.363. The highest BCUT2D eigenvalue weighted by Crippen LogP contribution is 2.24. The third kappa shape index (κ3) is 1.06. The molecule has 1 aromatic heterocycles. The van der Waals surface area contributed by atoms with E-state index in [1.165, 1.54) is 0 Å². The lowest BCUT2D eigenvalue weighted by atomic mass is 9.99. The zero-order valence-electron chi connectivity index (χ0n) is 6.57. The molecule has 3 heteroatoms. The van der Waals surface area contributed by atoms with Crippen molar-refractivity contribution in [3.8, 4) is 6.07 Å². The standard InChI is InChI=1S/C9H8N3/c10-6-7-2-1-4-12-9(7)8-3-5-11-8/h1-2,4,8H,3,5H2. The van der Waals surface area contributed by atoms with Gasteiger partial charge in [-0.05, 0) is 18.6 Å². The number of aromatic nitrogens is 1. The van der Waals surface area contributed by atoms with E-state index in [0.29, 0.717) is 5.56 Å². The summed E-state index contributed by atoms with van der Waals surface area (Å²) in [6.07, 6.45) is 2.75. The molecule has 12 heavy (non-hydrogen) atoms. The number of pyridine rings is 1. The average Bonchev–Trinajstić information content (AvgIpc) is 2.02. The highest BCUT2D eigenvalue weighted by Gasteiger charge is 2.23. The summed E-state index contributed by atoms with van der Waals surface area (Å²) in [5.41, 5.74) is 1.50. The third-order valence-corrected chi connectivity index (χ3v) is 2.03. The zero-order chi connectivity index (χ0) is 8.39. The van der Waals surface area contributed by atoms with Crippen LogP contribution in [0, 0.1) is 11.3 Å². The minimum atomic E-state index is 0.181. The van der Waals surface area contributed by atoms with Crippen LogP contribution in [0.5, 0.6) is 0 Å². The van der Waals surface area contributed by atoms with Gasteiger partial charge in [0, 0.05) is 12.7 Å². The van der Waals surface area contributed by atoms with Crippen molar-refractivity contribution in [1.29, 1.82) is 5.26 Å². The van der Waals surface area contributed by atoms with Gasteiger partial charge in [0.1, 0.15) is 6.07 Å². The van der Waals surface area contributed by atoms with Gasteiger partial charge in [-0.2, -0.15) is 5.26 Å². The minimum Gasteiger partial charge on any atom is -0.258 e. The van der Waals surface area contributed by atoms with Crippen molar-refractivity contribution in [2.45, 2.75) is 12.5 Å². The second-order valence-corrected chi connectivity index (χ2v) is 2.76. The summed E-state index contributed by atoms with van der Waals surface area (Å²) in [6.45, 7) is 0.909. The van der Waals surface area contributed by atoms with Gasteiger partial charge in [0.2, 0.25) is 0 Å². The summed E-state index contributed by atoms with van der Waals surface area (Å²) >= 11 is 0. The van der Waals surface area contributed by atoms with Crippen LogP contribution >= 0.6 is 0 Å². The van der Waals surface area contributed by atoms with Gasteiger partial charge in [0.05, 0.1) is 17.3 Å². The first-order valence-electron chi connectivity index (χ1n) is 3.93. The van der Waals surface area contributed by atoms with Gasteiger partial charge >= 0.3 is 0 Å². The van der Waals surface area contributed by atoms with E-state index in [1.54, 1.807) is 18.3 Å². The van der Waals surface area contributed by atoms with Crippen LogP contribution in [0.2, 0.25) is 0 Å². The molecule has 0 aliphatic carbocycles. The lowest BCUT2D eigenvalue weighted by Crippen LogP contribution is -2.29. The Balaban J connectivity index is 2.35. The van der Waals surface area contributed by atoms with Gasteiger partial charge in [0.25, 0.3) is 0 Å². The van der Waals surface area contributed by atoms with Crippen LogP contribution in [0.25, 0.3) is 0 Å². The summed E-state index contributed by atoms with van der Waals surface area (Å²) in [5.74, 6) is 0. The van der Waals surface area contributed by atoms with Crippen molar-refractivity contribution in [3.63, 3.8) is 0 Å². The Morgan fingerprint density at radius 3 is 3.00 bits per heavy atom. The summed E-state index contributed by atoms with van der Waals surface area (Å²) in [7, 11) is 0. The Morgan fingerprint density at radius 2 is 2.42 bits per heavy atom. The smallest absolute Gasteiger partial charge is 0.101 e. The largest absolute Gasteiger partial charge is 0.258 e. The molecule has 0 aromatic carbocycles. The number of hydrogen-bond donors (Lipinski definition) is 0. The molecule has 1 atom stereocenters. The highest BCUT2D eigenvalue weighted by molar-refractivity contribution is 5.35.